The smallest absolute Gasteiger partial charge is 0.254 e. The minimum absolute atomic E-state index is 0.0548. The molecule has 2 amide bonds. The molecule has 0 bridgehead atoms. The van der Waals surface area contributed by atoms with Crippen LogP contribution >= 0.6 is 0 Å². The Balaban J connectivity index is 1.60. The lowest BCUT2D eigenvalue weighted by Crippen LogP contribution is -2.55. The van der Waals surface area contributed by atoms with E-state index in [2.05, 4.69) is 9.88 Å². The standard InChI is InChI=1S/C20H26N4O6S/c1-13-18(15(3)30-21-13)31(27,28)22-14(2)19(25)23-8-10-24(11-9-23)20(26)16-6-5-7-17(12-16)29-4/h5-7,12,14,22H,8-11H2,1-4H3/t14-/m0/s1. The first-order chi connectivity index (χ1) is 14.6. The molecule has 1 N–H and O–H groups in total. The van der Waals surface area contributed by atoms with Gasteiger partial charge in [0.2, 0.25) is 15.9 Å². The van der Waals surface area contributed by atoms with Crippen molar-refractivity contribution in [2.75, 3.05) is 33.3 Å². The second-order valence-electron chi connectivity index (χ2n) is 7.35. The van der Waals surface area contributed by atoms with E-state index in [1.165, 1.54) is 27.9 Å². The van der Waals surface area contributed by atoms with E-state index in [1.54, 1.807) is 34.1 Å². The van der Waals surface area contributed by atoms with E-state index in [9.17, 15) is 18.0 Å². The highest BCUT2D eigenvalue weighted by atomic mass is 32.2. The van der Waals surface area contributed by atoms with Gasteiger partial charge in [0, 0.05) is 31.7 Å². The van der Waals surface area contributed by atoms with Crippen LogP contribution in [-0.2, 0) is 14.8 Å². The Hall–Kier alpha value is -2.92. The zero-order chi connectivity index (χ0) is 22.8. The van der Waals surface area contributed by atoms with E-state index in [-0.39, 0.29) is 28.2 Å². The van der Waals surface area contributed by atoms with Gasteiger partial charge in [0.1, 0.15) is 16.3 Å². The Bertz CT molecular complexity index is 1050. The molecule has 0 radical (unpaired) electrons. The molecule has 1 aromatic carbocycles. The third kappa shape index (κ3) is 4.88. The second kappa shape index (κ2) is 9.06. The number of sulfonamides is 1. The first-order valence-electron chi connectivity index (χ1n) is 9.81. The van der Waals surface area contributed by atoms with Crippen molar-refractivity contribution < 1.29 is 27.3 Å². The topological polar surface area (TPSA) is 122 Å². The highest BCUT2D eigenvalue weighted by Crippen LogP contribution is 2.20. The summed E-state index contributed by atoms with van der Waals surface area (Å²) in [6.07, 6.45) is 0. The zero-order valence-electron chi connectivity index (χ0n) is 17.9. The van der Waals surface area contributed by atoms with Crippen molar-refractivity contribution in [1.82, 2.24) is 19.7 Å². The Morgan fingerprint density at radius 1 is 1.16 bits per heavy atom. The number of carbonyl (C=O) groups is 2. The van der Waals surface area contributed by atoms with Crippen molar-refractivity contribution in [2.45, 2.75) is 31.7 Å². The van der Waals surface area contributed by atoms with Crippen molar-refractivity contribution in [2.24, 2.45) is 0 Å². The van der Waals surface area contributed by atoms with Gasteiger partial charge in [-0.2, -0.15) is 4.72 Å². The van der Waals surface area contributed by atoms with Crippen LogP contribution in [0.2, 0.25) is 0 Å². The van der Waals surface area contributed by atoms with E-state index in [0.29, 0.717) is 37.5 Å². The maximum absolute atomic E-state index is 12.8. The van der Waals surface area contributed by atoms with Gasteiger partial charge in [0.15, 0.2) is 5.76 Å². The summed E-state index contributed by atoms with van der Waals surface area (Å²) in [5.74, 6) is 0.260. The maximum Gasteiger partial charge on any atom is 0.254 e. The summed E-state index contributed by atoms with van der Waals surface area (Å²) in [6, 6.07) is 5.93. The maximum atomic E-state index is 12.8. The van der Waals surface area contributed by atoms with Gasteiger partial charge in [0.05, 0.1) is 13.2 Å². The lowest BCUT2D eigenvalue weighted by molar-refractivity contribution is -0.134. The first kappa shape index (κ1) is 22.8. The average Bonchev–Trinajstić information content (AvgIpc) is 3.11. The third-order valence-corrected chi connectivity index (χ3v) is 6.92. The lowest BCUT2D eigenvalue weighted by Gasteiger charge is -2.36. The number of aryl methyl sites for hydroxylation is 2. The van der Waals surface area contributed by atoms with Crippen LogP contribution in [-0.4, -0.2) is 74.5 Å². The first-order valence-corrected chi connectivity index (χ1v) is 11.3. The second-order valence-corrected chi connectivity index (χ2v) is 9.00. The van der Waals surface area contributed by atoms with Gasteiger partial charge in [-0.25, -0.2) is 8.42 Å². The van der Waals surface area contributed by atoms with E-state index < -0.39 is 16.1 Å². The molecule has 0 saturated carbocycles. The van der Waals surface area contributed by atoms with Crippen molar-refractivity contribution in [3.63, 3.8) is 0 Å². The molecule has 0 unspecified atom stereocenters. The number of hydrogen-bond acceptors (Lipinski definition) is 7. The molecule has 1 aromatic heterocycles. The number of methoxy groups -OCH3 is 1. The fourth-order valence-electron chi connectivity index (χ4n) is 3.54. The van der Waals surface area contributed by atoms with Crippen molar-refractivity contribution >= 4 is 21.8 Å². The molecule has 2 aromatic rings. The molecule has 10 nitrogen and oxygen atoms in total. The number of carbonyl (C=O) groups excluding carboxylic acids is 2. The molecule has 1 atom stereocenters. The predicted octanol–water partition coefficient (Wildman–Crippen LogP) is 0.951. The van der Waals surface area contributed by atoms with Crippen molar-refractivity contribution in [3.8, 4) is 5.75 Å². The number of rotatable bonds is 6. The number of nitrogens with one attached hydrogen (secondary N) is 1. The number of piperazine rings is 1. The summed E-state index contributed by atoms with van der Waals surface area (Å²) in [5.41, 5.74) is 0.744. The van der Waals surface area contributed by atoms with Gasteiger partial charge in [-0.1, -0.05) is 11.2 Å². The van der Waals surface area contributed by atoms with Crippen LogP contribution in [0.25, 0.3) is 0 Å². The molecule has 31 heavy (non-hydrogen) atoms. The van der Waals surface area contributed by atoms with E-state index in [4.69, 9.17) is 9.26 Å². The van der Waals surface area contributed by atoms with Gasteiger partial charge < -0.3 is 19.1 Å². The number of hydrogen-bond donors (Lipinski definition) is 1. The molecule has 1 aliphatic heterocycles. The van der Waals surface area contributed by atoms with Gasteiger partial charge in [0.25, 0.3) is 5.91 Å². The largest absolute Gasteiger partial charge is 0.497 e. The summed E-state index contributed by atoms with van der Waals surface area (Å²) in [4.78, 5) is 28.7. The summed E-state index contributed by atoms with van der Waals surface area (Å²) in [5, 5.41) is 3.65. The fraction of sp³-hybridized carbons (Fsp3) is 0.450. The molecule has 11 heteroatoms. The van der Waals surface area contributed by atoms with E-state index in [0.717, 1.165) is 0 Å². The predicted molar refractivity (Wildman–Crippen MR) is 111 cm³/mol. The van der Waals surface area contributed by atoms with Crippen LogP contribution in [0.5, 0.6) is 5.75 Å². The summed E-state index contributed by atoms with van der Waals surface area (Å²) in [7, 11) is -2.42. The Kier molecular flexibility index (Phi) is 6.65. The zero-order valence-corrected chi connectivity index (χ0v) is 18.7. The molecule has 1 fully saturated rings. The monoisotopic (exact) mass is 450 g/mol. The van der Waals surface area contributed by atoms with Gasteiger partial charge in [-0.05, 0) is 39.0 Å². The van der Waals surface area contributed by atoms with Crippen LogP contribution < -0.4 is 9.46 Å². The van der Waals surface area contributed by atoms with Gasteiger partial charge in [-0.15, -0.1) is 0 Å². The van der Waals surface area contributed by atoms with E-state index in [1.807, 2.05) is 0 Å². The van der Waals surface area contributed by atoms with Crippen molar-refractivity contribution in [1.29, 1.82) is 0 Å². The fourth-order valence-corrected chi connectivity index (χ4v) is 5.07. The van der Waals surface area contributed by atoms with Gasteiger partial charge in [-0.3, -0.25) is 9.59 Å². The number of ether oxygens (including phenoxy) is 1. The molecule has 3 rings (SSSR count). The Morgan fingerprint density at radius 2 is 1.81 bits per heavy atom. The summed E-state index contributed by atoms with van der Waals surface area (Å²) >= 11 is 0. The molecule has 2 heterocycles. The van der Waals surface area contributed by atoms with Crippen LogP contribution in [0.15, 0.2) is 33.7 Å². The molecule has 0 aliphatic carbocycles. The minimum atomic E-state index is -3.96. The highest BCUT2D eigenvalue weighted by Gasteiger charge is 2.32. The number of nitrogens with zero attached hydrogens (tertiary/aromatic N) is 3. The molecule has 168 valence electrons. The van der Waals surface area contributed by atoms with Crippen LogP contribution in [0, 0.1) is 13.8 Å². The Morgan fingerprint density at radius 3 is 2.39 bits per heavy atom. The van der Waals surface area contributed by atoms with Crippen molar-refractivity contribution in [3.05, 3.63) is 41.3 Å². The van der Waals surface area contributed by atoms with E-state index >= 15 is 0 Å². The normalized spacial score (nSPS) is 15.6. The summed E-state index contributed by atoms with van der Waals surface area (Å²) in [6.45, 7) is 5.84. The molecular formula is C20H26N4O6S. The molecule has 1 aliphatic rings. The van der Waals surface area contributed by atoms with Crippen LogP contribution in [0.1, 0.15) is 28.7 Å². The highest BCUT2D eigenvalue weighted by molar-refractivity contribution is 7.89. The van der Waals surface area contributed by atoms with Gasteiger partial charge >= 0.3 is 0 Å². The number of amides is 2. The third-order valence-electron chi connectivity index (χ3n) is 5.13. The SMILES string of the molecule is COc1cccc(C(=O)N2CCN(C(=O)[C@H](C)NS(=O)(=O)c3c(C)noc3C)CC2)c1. The average molecular weight is 451 g/mol. The number of benzene rings is 1. The Labute approximate surface area is 181 Å². The number of aromatic nitrogens is 1. The molecule has 0 spiro atoms. The lowest BCUT2D eigenvalue weighted by atomic mass is 10.1. The molecule has 1 saturated heterocycles. The molecular weight excluding hydrogens is 424 g/mol. The van der Waals surface area contributed by atoms with Crippen LogP contribution in [0.4, 0.5) is 0 Å². The van der Waals surface area contributed by atoms with Crippen LogP contribution in [0.3, 0.4) is 0 Å². The summed E-state index contributed by atoms with van der Waals surface area (Å²) < 4.78 is 37.7. The minimum Gasteiger partial charge on any atom is -0.497 e. The quantitative estimate of drug-likeness (QED) is 0.695.